The van der Waals surface area contributed by atoms with Gasteiger partial charge in [-0.2, -0.15) is 0 Å². The second kappa shape index (κ2) is 4.45. The minimum Gasteiger partial charge on any atom is -0.475 e. The molecule has 0 bridgehead atoms. The van der Waals surface area contributed by atoms with E-state index in [4.69, 9.17) is 5.11 Å². The number of benzene rings is 1. The number of ketones is 1. The third-order valence-corrected chi connectivity index (χ3v) is 4.42. The van der Waals surface area contributed by atoms with E-state index in [9.17, 15) is 18.0 Å². The summed E-state index contributed by atoms with van der Waals surface area (Å²) >= 11 is 0. The van der Waals surface area contributed by atoms with Crippen molar-refractivity contribution >= 4 is 21.6 Å². The number of sulfone groups is 1. The summed E-state index contributed by atoms with van der Waals surface area (Å²) in [5.41, 5.74) is 0.601. The molecule has 0 aromatic heterocycles. The number of Topliss-reactive ketones (excluding diaryl/α,β-unsaturated/α-hetero) is 1. The molecular formula is C13H14O5S. The molecule has 0 heterocycles. The maximum atomic E-state index is 11.4. The molecule has 0 radical (unpaired) electrons. The highest BCUT2D eigenvalue weighted by atomic mass is 32.2. The third kappa shape index (κ3) is 3.01. The zero-order chi connectivity index (χ0) is 14.3. The van der Waals surface area contributed by atoms with E-state index in [0.29, 0.717) is 0 Å². The van der Waals surface area contributed by atoms with Crippen molar-refractivity contribution in [2.75, 3.05) is 12.0 Å². The molecule has 2 rings (SSSR count). The number of hydrogen-bond acceptors (Lipinski definition) is 4. The molecule has 1 aliphatic carbocycles. The highest BCUT2D eigenvalue weighted by Crippen LogP contribution is 2.49. The van der Waals surface area contributed by atoms with Crippen molar-refractivity contribution in [1.82, 2.24) is 0 Å². The number of hydrogen-bond donors (Lipinski definition) is 1. The van der Waals surface area contributed by atoms with Crippen LogP contribution in [0.3, 0.4) is 0 Å². The Hall–Kier alpha value is -1.69. The van der Waals surface area contributed by atoms with E-state index in [0.717, 1.165) is 18.4 Å². The lowest BCUT2D eigenvalue weighted by molar-refractivity contribution is -0.131. The Morgan fingerprint density at radius 2 is 1.74 bits per heavy atom. The molecule has 0 aliphatic heterocycles. The van der Waals surface area contributed by atoms with Crippen LogP contribution in [0.5, 0.6) is 0 Å². The molecule has 1 saturated carbocycles. The van der Waals surface area contributed by atoms with Gasteiger partial charge >= 0.3 is 5.97 Å². The number of carbonyl (C=O) groups excluding carboxylic acids is 1. The largest absolute Gasteiger partial charge is 0.475 e. The lowest BCUT2D eigenvalue weighted by atomic mass is 9.96. The van der Waals surface area contributed by atoms with Crippen molar-refractivity contribution in [1.29, 1.82) is 0 Å². The number of carboxylic acids is 1. The fourth-order valence-electron chi connectivity index (χ4n) is 2.27. The molecule has 1 aromatic carbocycles. The molecule has 1 aromatic rings. The second-order valence-electron chi connectivity index (χ2n) is 5.06. The zero-order valence-corrected chi connectivity index (χ0v) is 11.2. The summed E-state index contributed by atoms with van der Waals surface area (Å²) in [6.45, 7) is 0. The highest BCUT2D eigenvalue weighted by Gasteiger charge is 2.46. The van der Waals surface area contributed by atoms with Crippen LogP contribution in [0.25, 0.3) is 0 Å². The summed E-state index contributed by atoms with van der Waals surface area (Å²) in [6.07, 6.45) is 2.80. The van der Waals surface area contributed by atoms with Crippen molar-refractivity contribution in [3.8, 4) is 0 Å². The fraction of sp³-hybridized carbons (Fsp3) is 0.385. The summed E-state index contributed by atoms with van der Waals surface area (Å²) in [5, 5.41) is 8.60. The van der Waals surface area contributed by atoms with Crippen LogP contribution in [-0.2, 0) is 20.0 Å². The lowest BCUT2D eigenvalue weighted by Gasteiger charge is -2.14. The third-order valence-electron chi connectivity index (χ3n) is 3.35. The van der Waals surface area contributed by atoms with Gasteiger partial charge in [0.1, 0.15) is 9.84 Å². The van der Waals surface area contributed by atoms with Gasteiger partial charge in [0, 0.05) is 17.2 Å². The summed E-state index contributed by atoms with van der Waals surface area (Å²) in [7, 11) is -3.07. The van der Waals surface area contributed by atoms with Crippen LogP contribution in [0.4, 0.5) is 0 Å². The minimum atomic E-state index is -3.07. The monoisotopic (exact) mass is 282 g/mol. The standard InChI is InChI=1S/C13H14O5S/c1-19(17,18)8-13(6-7-13)10-4-2-9(3-5-10)11(14)12(15)16/h2-5H,6-8H2,1H3,(H,15,16). The first-order valence-corrected chi connectivity index (χ1v) is 7.85. The van der Waals surface area contributed by atoms with Gasteiger partial charge in [0.15, 0.2) is 0 Å². The van der Waals surface area contributed by atoms with Crippen LogP contribution < -0.4 is 0 Å². The molecule has 19 heavy (non-hydrogen) atoms. The topological polar surface area (TPSA) is 88.5 Å². The first-order valence-electron chi connectivity index (χ1n) is 5.79. The molecule has 0 spiro atoms. The van der Waals surface area contributed by atoms with Gasteiger partial charge in [0.05, 0.1) is 5.75 Å². The molecule has 1 N–H and O–H groups in total. The Morgan fingerprint density at radius 3 is 2.11 bits per heavy atom. The van der Waals surface area contributed by atoms with Gasteiger partial charge in [-0.15, -0.1) is 0 Å². The summed E-state index contributed by atoms with van der Waals surface area (Å²) < 4.78 is 22.8. The zero-order valence-electron chi connectivity index (χ0n) is 10.4. The van der Waals surface area contributed by atoms with Gasteiger partial charge in [0.2, 0.25) is 0 Å². The Balaban J connectivity index is 2.24. The molecule has 1 aliphatic rings. The fourth-order valence-corrected chi connectivity index (χ4v) is 3.73. The van der Waals surface area contributed by atoms with Gasteiger partial charge in [-0.05, 0) is 18.4 Å². The maximum Gasteiger partial charge on any atom is 0.377 e. The molecule has 102 valence electrons. The van der Waals surface area contributed by atoms with E-state index in [2.05, 4.69) is 0 Å². The Labute approximate surface area is 111 Å². The van der Waals surface area contributed by atoms with E-state index in [1.807, 2.05) is 0 Å². The Bertz CT molecular complexity index is 624. The molecule has 5 nitrogen and oxygen atoms in total. The van der Waals surface area contributed by atoms with Gasteiger partial charge in [-0.1, -0.05) is 24.3 Å². The van der Waals surface area contributed by atoms with Crippen LogP contribution in [-0.4, -0.2) is 37.3 Å². The molecule has 0 amide bonds. The number of carboxylic acid groups (broad SMARTS) is 1. The predicted molar refractivity (Wildman–Crippen MR) is 69.0 cm³/mol. The molecule has 6 heteroatoms. The molecule has 1 fully saturated rings. The van der Waals surface area contributed by atoms with E-state index in [1.165, 1.54) is 18.4 Å². The van der Waals surface area contributed by atoms with Crippen LogP contribution in [0.15, 0.2) is 24.3 Å². The Kier molecular flexibility index (Phi) is 3.22. The molecule has 0 unspecified atom stereocenters. The molecule has 0 atom stereocenters. The second-order valence-corrected chi connectivity index (χ2v) is 7.20. The van der Waals surface area contributed by atoms with Crippen molar-refractivity contribution in [3.05, 3.63) is 35.4 Å². The first kappa shape index (κ1) is 13.7. The summed E-state index contributed by atoms with van der Waals surface area (Å²) in [4.78, 5) is 21.8. The maximum absolute atomic E-state index is 11.4. The molecule has 0 saturated heterocycles. The van der Waals surface area contributed by atoms with E-state index < -0.39 is 21.6 Å². The smallest absolute Gasteiger partial charge is 0.377 e. The van der Waals surface area contributed by atoms with Crippen LogP contribution in [0, 0.1) is 0 Å². The normalized spacial score (nSPS) is 16.9. The van der Waals surface area contributed by atoms with Gasteiger partial charge in [0.25, 0.3) is 5.78 Å². The quantitative estimate of drug-likeness (QED) is 0.643. The summed E-state index contributed by atoms with van der Waals surface area (Å²) in [6, 6.07) is 6.17. The van der Waals surface area contributed by atoms with Crippen LogP contribution in [0.1, 0.15) is 28.8 Å². The average Bonchev–Trinajstić information content (AvgIpc) is 3.06. The summed E-state index contributed by atoms with van der Waals surface area (Å²) in [5.74, 6) is -2.36. The van der Waals surface area contributed by atoms with Crippen LogP contribution >= 0.6 is 0 Å². The average molecular weight is 282 g/mol. The van der Waals surface area contributed by atoms with Crippen molar-refractivity contribution < 1.29 is 23.1 Å². The number of rotatable bonds is 5. The van der Waals surface area contributed by atoms with E-state index >= 15 is 0 Å². The predicted octanol–water partition coefficient (Wildman–Crippen LogP) is 1.03. The minimum absolute atomic E-state index is 0.0895. The van der Waals surface area contributed by atoms with E-state index in [1.54, 1.807) is 12.1 Å². The Morgan fingerprint density at radius 1 is 1.21 bits per heavy atom. The highest BCUT2D eigenvalue weighted by molar-refractivity contribution is 7.90. The van der Waals surface area contributed by atoms with E-state index in [-0.39, 0.29) is 16.7 Å². The van der Waals surface area contributed by atoms with Gasteiger partial charge in [-0.3, -0.25) is 4.79 Å². The number of aliphatic carboxylic acids is 1. The lowest BCUT2D eigenvalue weighted by Crippen LogP contribution is -2.20. The SMILES string of the molecule is CS(=O)(=O)CC1(c2ccc(C(=O)C(=O)O)cc2)CC1. The van der Waals surface area contributed by atoms with Crippen molar-refractivity contribution in [3.63, 3.8) is 0 Å². The van der Waals surface area contributed by atoms with Gasteiger partial charge in [-0.25, -0.2) is 13.2 Å². The van der Waals surface area contributed by atoms with Crippen molar-refractivity contribution in [2.45, 2.75) is 18.3 Å². The first-order chi connectivity index (χ1) is 8.73. The van der Waals surface area contributed by atoms with Gasteiger partial charge < -0.3 is 5.11 Å². The number of carbonyl (C=O) groups is 2. The van der Waals surface area contributed by atoms with Crippen LogP contribution in [0.2, 0.25) is 0 Å². The van der Waals surface area contributed by atoms with Crippen molar-refractivity contribution in [2.24, 2.45) is 0 Å². The molecular weight excluding hydrogens is 268 g/mol.